The Labute approximate surface area is 129 Å². The van der Waals surface area contributed by atoms with E-state index in [9.17, 15) is 4.79 Å². The van der Waals surface area contributed by atoms with Crippen molar-refractivity contribution in [3.8, 4) is 11.4 Å². The van der Waals surface area contributed by atoms with Gasteiger partial charge in [0.05, 0.1) is 6.04 Å². The van der Waals surface area contributed by atoms with Crippen LogP contribution < -0.4 is 5.32 Å². The van der Waals surface area contributed by atoms with E-state index in [2.05, 4.69) is 15.3 Å². The van der Waals surface area contributed by atoms with Crippen LogP contribution in [-0.2, 0) is 11.2 Å². The van der Waals surface area contributed by atoms with Crippen LogP contribution in [0.2, 0.25) is 0 Å². The minimum Gasteiger partial charge on any atom is -0.349 e. The third-order valence-electron chi connectivity index (χ3n) is 4.38. The topological polar surface area (TPSA) is 67.8 Å². The molecule has 0 bridgehead atoms. The summed E-state index contributed by atoms with van der Waals surface area (Å²) < 4.78 is 0. The summed E-state index contributed by atoms with van der Waals surface area (Å²) in [6.45, 7) is 0. The number of nitrogens with zero attached hydrogens (tertiary/aromatic N) is 3. The normalized spacial score (nSPS) is 20.3. The zero-order valence-corrected chi connectivity index (χ0v) is 12.3. The van der Waals surface area contributed by atoms with Crippen molar-refractivity contribution in [3.63, 3.8) is 0 Å². The molecule has 22 heavy (non-hydrogen) atoms. The Bertz CT molecular complexity index is 697. The second-order valence-corrected chi connectivity index (χ2v) is 6.06. The Morgan fingerprint density at radius 2 is 2.00 bits per heavy atom. The number of pyridine rings is 1. The molecule has 1 amide bonds. The van der Waals surface area contributed by atoms with Crippen molar-refractivity contribution < 1.29 is 4.79 Å². The second kappa shape index (κ2) is 5.48. The van der Waals surface area contributed by atoms with Crippen molar-refractivity contribution in [1.29, 1.82) is 0 Å². The molecule has 5 nitrogen and oxygen atoms in total. The quantitative estimate of drug-likeness (QED) is 0.944. The molecule has 0 aliphatic heterocycles. The number of nitrogens with one attached hydrogen (secondary N) is 1. The molecule has 2 aliphatic carbocycles. The summed E-state index contributed by atoms with van der Waals surface area (Å²) >= 11 is 0. The lowest BCUT2D eigenvalue weighted by molar-refractivity contribution is -0.123. The Kier molecular flexibility index (Phi) is 3.33. The molecule has 4 rings (SSSR count). The van der Waals surface area contributed by atoms with Gasteiger partial charge in [-0.05, 0) is 44.2 Å². The van der Waals surface area contributed by atoms with Gasteiger partial charge in [0.1, 0.15) is 0 Å². The molecule has 1 fully saturated rings. The Morgan fingerprint density at radius 3 is 2.77 bits per heavy atom. The molecule has 0 unspecified atom stereocenters. The van der Waals surface area contributed by atoms with Crippen LogP contribution in [0.3, 0.4) is 0 Å². The Hall–Kier alpha value is -2.30. The van der Waals surface area contributed by atoms with E-state index in [1.807, 2.05) is 18.3 Å². The van der Waals surface area contributed by atoms with Crippen molar-refractivity contribution >= 4 is 5.91 Å². The molecule has 0 aromatic carbocycles. The SMILES string of the molecule is O=C(N[C@H]1CCCc2nc(-c3ccncc3)ncc21)C1CC1. The first-order valence-corrected chi connectivity index (χ1v) is 7.88. The minimum absolute atomic E-state index is 0.0725. The number of fused-ring (bicyclic) bond motifs is 1. The predicted molar refractivity (Wildman–Crippen MR) is 81.8 cm³/mol. The molecule has 2 aromatic rings. The maximum Gasteiger partial charge on any atom is 0.223 e. The standard InChI is InChI=1S/C17H18N4O/c22-17(12-4-5-12)21-15-3-1-2-14-13(15)10-19-16(20-14)11-6-8-18-9-7-11/h6-10,12,15H,1-5H2,(H,21,22)/t15-/m0/s1. The van der Waals surface area contributed by atoms with Gasteiger partial charge in [-0.2, -0.15) is 0 Å². The summed E-state index contributed by atoms with van der Waals surface area (Å²) in [7, 11) is 0. The zero-order valence-electron chi connectivity index (χ0n) is 12.3. The fourth-order valence-corrected chi connectivity index (χ4v) is 2.97. The first-order valence-electron chi connectivity index (χ1n) is 7.88. The zero-order chi connectivity index (χ0) is 14.9. The van der Waals surface area contributed by atoms with Crippen LogP contribution >= 0.6 is 0 Å². The van der Waals surface area contributed by atoms with Gasteiger partial charge < -0.3 is 5.32 Å². The lowest BCUT2D eigenvalue weighted by Gasteiger charge is -2.25. The fraction of sp³-hybridized carbons (Fsp3) is 0.412. The highest BCUT2D eigenvalue weighted by Crippen LogP contribution is 2.33. The van der Waals surface area contributed by atoms with Gasteiger partial charge >= 0.3 is 0 Å². The number of carbonyl (C=O) groups excluding carboxylic acids is 1. The van der Waals surface area contributed by atoms with Gasteiger partial charge in [0.25, 0.3) is 0 Å². The molecule has 1 N–H and O–H groups in total. The van der Waals surface area contributed by atoms with Gasteiger partial charge in [-0.15, -0.1) is 0 Å². The predicted octanol–water partition coefficient (Wildman–Crippen LogP) is 2.44. The summed E-state index contributed by atoms with van der Waals surface area (Å²) in [5.74, 6) is 1.16. The Balaban J connectivity index is 1.61. The molecule has 1 saturated carbocycles. The van der Waals surface area contributed by atoms with Gasteiger partial charge in [0.15, 0.2) is 5.82 Å². The van der Waals surface area contributed by atoms with Crippen molar-refractivity contribution in [1.82, 2.24) is 20.3 Å². The molecular weight excluding hydrogens is 276 g/mol. The highest BCUT2D eigenvalue weighted by molar-refractivity contribution is 5.81. The largest absolute Gasteiger partial charge is 0.349 e. The maximum absolute atomic E-state index is 12.0. The highest BCUT2D eigenvalue weighted by atomic mass is 16.2. The molecule has 1 atom stereocenters. The van der Waals surface area contributed by atoms with Crippen molar-refractivity contribution in [3.05, 3.63) is 42.0 Å². The first kappa shape index (κ1) is 13.4. The van der Waals surface area contributed by atoms with Crippen LogP contribution in [0.25, 0.3) is 11.4 Å². The van der Waals surface area contributed by atoms with Crippen LogP contribution in [-0.4, -0.2) is 20.9 Å². The number of amides is 1. The molecule has 0 saturated heterocycles. The Morgan fingerprint density at radius 1 is 1.18 bits per heavy atom. The van der Waals surface area contributed by atoms with Gasteiger partial charge in [0, 0.05) is 41.3 Å². The first-order chi connectivity index (χ1) is 10.8. The lowest BCUT2D eigenvalue weighted by Crippen LogP contribution is -2.32. The molecule has 0 spiro atoms. The molecular formula is C17H18N4O. The number of aromatic nitrogens is 3. The van der Waals surface area contributed by atoms with E-state index >= 15 is 0 Å². The number of aryl methyl sites for hydroxylation is 1. The summed E-state index contributed by atoms with van der Waals surface area (Å²) in [6.07, 6.45) is 10.4. The monoisotopic (exact) mass is 294 g/mol. The van der Waals surface area contributed by atoms with Crippen LogP contribution in [0.5, 0.6) is 0 Å². The number of hydrogen-bond acceptors (Lipinski definition) is 4. The van der Waals surface area contributed by atoms with E-state index in [4.69, 9.17) is 4.98 Å². The van der Waals surface area contributed by atoms with Crippen LogP contribution in [0, 0.1) is 5.92 Å². The molecule has 0 radical (unpaired) electrons. The molecule has 2 aliphatic rings. The highest BCUT2D eigenvalue weighted by Gasteiger charge is 2.32. The number of carbonyl (C=O) groups is 1. The summed E-state index contributed by atoms with van der Waals surface area (Å²) in [5.41, 5.74) is 3.12. The number of rotatable bonds is 3. The molecule has 2 heterocycles. The summed E-state index contributed by atoms with van der Waals surface area (Å²) in [4.78, 5) is 25.2. The maximum atomic E-state index is 12.0. The average Bonchev–Trinajstić information content (AvgIpc) is 3.40. The molecule has 2 aromatic heterocycles. The minimum atomic E-state index is 0.0725. The lowest BCUT2D eigenvalue weighted by atomic mass is 9.92. The fourth-order valence-electron chi connectivity index (χ4n) is 2.97. The van der Waals surface area contributed by atoms with Crippen molar-refractivity contribution in [2.45, 2.75) is 38.1 Å². The van der Waals surface area contributed by atoms with E-state index < -0.39 is 0 Å². The second-order valence-electron chi connectivity index (χ2n) is 6.06. The third-order valence-corrected chi connectivity index (χ3v) is 4.38. The van der Waals surface area contributed by atoms with Gasteiger partial charge in [-0.1, -0.05) is 0 Å². The van der Waals surface area contributed by atoms with E-state index in [1.165, 1.54) is 0 Å². The van der Waals surface area contributed by atoms with Gasteiger partial charge in [-0.25, -0.2) is 9.97 Å². The van der Waals surface area contributed by atoms with Crippen LogP contribution in [0.4, 0.5) is 0 Å². The smallest absolute Gasteiger partial charge is 0.223 e. The van der Waals surface area contributed by atoms with E-state index in [0.717, 1.165) is 54.7 Å². The van der Waals surface area contributed by atoms with Gasteiger partial charge in [0.2, 0.25) is 5.91 Å². The molecule has 5 heteroatoms. The molecule has 112 valence electrons. The summed E-state index contributed by atoms with van der Waals surface area (Å²) in [5, 5.41) is 3.17. The van der Waals surface area contributed by atoms with Crippen LogP contribution in [0.15, 0.2) is 30.7 Å². The van der Waals surface area contributed by atoms with Gasteiger partial charge in [-0.3, -0.25) is 9.78 Å². The average molecular weight is 294 g/mol. The summed E-state index contributed by atoms with van der Waals surface area (Å²) in [6, 6.07) is 3.90. The van der Waals surface area contributed by atoms with Crippen molar-refractivity contribution in [2.75, 3.05) is 0 Å². The third kappa shape index (κ3) is 2.58. The van der Waals surface area contributed by atoms with E-state index in [-0.39, 0.29) is 17.9 Å². The van der Waals surface area contributed by atoms with E-state index in [0.29, 0.717) is 0 Å². The van der Waals surface area contributed by atoms with Crippen LogP contribution in [0.1, 0.15) is 43.0 Å². The van der Waals surface area contributed by atoms with Crippen molar-refractivity contribution in [2.24, 2.45) is 5.92 Å². The van der Waals surface area contributed by atoms with E-state index in [1.54, 1.807) is 12.4 Å². The number of hydrogen-bond donors (Lipinski definition) is 1.